The first-order valence-electron chi connectivity index (χ1n) is 9.18. The first-order chi connectivity index (χ1) is 13.8. The van der Waals surface area contributed by atoms with Gasteiger partial charge in [-0.15, -0.1) is 6.58 Å². The Morgan fingerprint density at radius 1 is 1.28 bits per heavy atom. The largest absolute Gasteiger partial charge is 0.354 e. The molecule has 4 nitrogen and oxygen atoms in total. The lowest BCUT2D eigenvalue weighted by molar-refractivity contribution is 0.363. The van der Waals surface area contributed by atoms with Gasteiger partial charge in [-0.25, -0.2) is 4.39 Å². The van der Waals surface area contributed by atoms with E-state index in [4.69, 9.17) is 11.6 Å². The molecule has 148 valence electrons. The summed E-state index contributed by atoms with van der Waals surface area (Å²) in [5.74, 6) is -0.481. The Bertz CT molecular complexity index is 1130. The van der Waals surface area contributed by atoms with Crippen molar-refractivity contribution in [1.82, 2.24) is 9.88 Å². The van der Waals surface area contributed by atoms with E-state index in [9.17, 15) is 9.65 Å². The number of nitrogens with one attached hydrogen (secondary N) is 1. The standard InChI is InChI=1S/C23H22ClFN4/c1-5-6-29(4)13-16-9-20(25)19(24)10-21(16)28-23-17(11-26)12-27-22-8-15(3)14(2)7-18(22)23/h5,7-10,12H,1,6,13H2,2-4H3,(H,27,28). The van der Waals surface area contributed by atoms with Crippen LogP contribution in [-0.2, 0) is 6.54 Å². The zero-order valence-electron chi connectivity index (χ0n) is 16.7. The van der Waals surface area contributed by atoms with Crippen LogP contribution >= 0.6 is 11.6 Å². The van der Waals surface area contributed by atoms with E-state index in [1.807, 2.05) is 37.9 Å². The number of hydrogen-bond acceptors (Lipinski definition) is 4. The van der Waals surface area contributed by atoms with Crippen molar-refractivity contribution in [2.75, 3.05) is 18.9 Å². The first kappa shape index (κ1) is 20.8. The second kappa shape index (κ2) is 8.60. The van der Waals surface area contributed by atoms with Gasteiger partial charge in [-0.1, -0.05) is 17.7 Å². The summed E-state index contributed by atoms with van der Waals surface area (Å²) in [6.07, 6.45) is 3.34. The monoisotopic (exact) mass is 408 g/mol. The summed E-state index contributed by atoms with van der Waals surface area (Å²) >= 11 is 6.07. The van der Waals surface area contributed by atoms with E-state index in [2.05, 4.69) is 22.9 Å². The SMILES string of the molecule is C=CCN(C)Cc1cc(F)c(Cl)cc1Nc1c(C#N)cnc2cc(C)c(C)cc12. The van der Waals surface area contributed by atoms with Crippen molar-refractivity contribution in [3.05, 3.63) is 76.2 Å². The third-order valence-corrected chi connectivity index (χ3v) is 5.18. The fourth-order valence-corrected chi connectivity index (χ4v) is 3.38. The van der Waals surface area contributed by atoms with E-state index in [1.54, 1.807) is 18.3 Å². The number of halogens is 2. The Balaban J connectivity index is 2.15. The summed E-state index contributed by atoms with van der Waals surface area (Å²) in [6, 6.07) is 9.18. The second-order valence-electron chi connectivity index (χ2n) is 7.15. The van der Waals surface area contributed by atoms with Crippen LogP contribution in [0.3, 0.4) is 0 Å². The molecule has 6 heteroatoms. The molecule has 0 radical (unpaired) electrons. The highest BCUT2D eigenvalue weighted by Crippen LogP contribution is 2.34. The van der Waals surface area contributed by atoms with E-state index in [0.717, 1.165) is 27.6 Å². The van der Waals surface area contributed by atoms with Crippen LogP contribution in [0.25, 0.3) is 10.9 Å². The van der Waals surface area contributed by atoms with E-state index in [0.29, 0.717) is 30.0 Å². The molecular weight excluding hydrogens is 387 g/mol. The smallest absolute Gasteiger partial charge is 0.142 e. The lowest BCUT2D eigenvalue weighted by atomic mass is 10.0. The second-order valence-corrected chi connectivity index (χ2v) is 7.55. The molecule has 0 amide bonds. The van der Waals surface area contributed by atoms with Gasteiger partial charge in [0.05, 0.1) is 21.8 Å². The summed E-state index contributed by atoms with van der Waals surface area (Å²) in [5.41, 5.74) is 5.43. The minimum absolute atomic E-state index is 0.0199. The fourth-order valence-electron chi connectivity index (χ4n) is 3.22. The molecule has 0 aliphatic carbocycles. The van der Waals surface area contributed by atoms with Crippen LogP contribution in [-0.4, -0.2) is 23.5 Å². The van der Waals surface area contributed by atoms with Gasteiger partial charge in [0.15, 0.2) is 0 Å². The van der Waals surface area contributed by atoms with Crippen molar-refractivity contribution in [1.29, 1.82) is 5.26 Å². The highest BCUT2D eigenvalue weighted by atomic mass is 35.5. The summed E-state index contributed by atoms with van der Waals surface area (Å²) in [7, 11) is 1.92. The average molecular weight is 409 g/mol. The number of likely N-dealkylation sites (N-methyl/N-ethyl adjacent to an activating group) is 1. The normalized spacial score (nSPS) is 10.9. The molecule has 0 spiro atoms. The number of aryl methyl sites for hydroxylation is 2. The van der Waals surface area contributed by atoms with E-state index in [1.165, 1.54) is 6.07 Å². The molecule has 0 aliphatic heterocycles. The molecular formula is C23H22ClFN4. The predicted octanol–water partition coefficient (Wildman–Crippen LogP) is 5.88. The van der Waals surface area contributed by atoms with Crippen LogP contribution in [0.5, 0.6) is 0 Å². The number of aromatic nitrogens is 1. The van der Waals surface area contributed by atoms with Crippen molar-refractivity contribution >= 4 is 33.9 Å². The van der Waals surface area contributed by atoms with Crippen molar-refractivity contribution < 1.29 is 4.39 Å². The summed E-state index contributed by atoms with van der Waals surface area (Å²) in [5, 5.41) is 13.8. The Morgan fingerprint density at radius 2 is 2.00 bits per heavy atom. The molecule has 1 aromatic heterocycles. The molecule has 2 aromatic carbocycles. The zero-order valence-corrected chi connectivity index (χ0v) is 17.4. The number of pyridine rings is 1. The van der Waals surface area contributed by atoms with Gasteiger partial charge < -0.3 is 5.32 Å². The molecule has 3 aromatic rings. The van der Waals surface area contributed by atoms with Gasteiger partial charge in [-0.3, -0.25) is 9.88 Å². The van der Waals surface area contributed by atoms with Crippen LogP contribution in [0.1, 0.15) is 22.3 Å². The van der Waals surface area contributed by atoms with Crippen molar-refractivity contribution in [3.8, 4) is 6.07 Å². The maximum absolute atomic E-state index is 14.2. The van der Waals surface area contributed by atoms with Crippen molar-refractivity contribution in [3.63, 3.8) is 0 Å². The van der Waals surface area contributed by atoms with Gasteiger partial charge in [-0.05, 0) is 61.9 Å². The maximum atomic E-state index is 14.2. The molecule has 1 heterocycles. The molecule has 0 fully saturated rings. The lowest BCUT2D eigenvalue weighted by Gasteiger charge is -2.20. The van der Waals surface area contributed by atoms with Gasteiger partial charge in [0, 0.05) is 30.4 Å². The predicted molar refractivity (Wildman–Crippen MR) is 117 cm³/mol. The summed E-state index contributed by atoms with van der Waals surface area (Å²) < 4.78 is 14.2. The van der Waals surface area contributed by atoms with Crippen LogP contribution in [0.4, 0.5) is 15.8 Å². The molecule has 0 bridgehead atoms. The molecule has 0 aliphatic rings. The van der Waals surface area contributed by atoms with Crippen molar-refractivity contribution in [2.45, 2.75) is 20.4 Å². The fraction of sp³-hybridized carbons (Fsp3) is 0.217. The Morgan fingerprint density at radius 3 is 2.69 bits per heavy atom. The Kier molecular flexibility index (Phi) is 6.17. The van der Waals surface area contributed by atoms with E-state index in [-0.39, 0.29) is 5.02 Å². The van der Waals surface area contributed by atoms with Gasteiger partial charge in [-0.2, -0.15) is 5.26 Å². The van der Waals surface area contributed by atoms with Gasteiger partial charge in [0.2, 0.25) is 0 Å². The number of nitrogens with zero attached hydrogens (tertiary/aromatic N) is 3. The van der Waals surface area contributed by atoms with Crippen LogP contribution in [0, 0.1) is 31.0 Å². The molecule has 0 saturated heterocycles. The molecule has 0 atom stereocenters. The third kappa shape index (κ3) is 4.40. The highest BCUT2D eigenvalue weighted by molar-refractivity contribution is 6.31. The number of hydrogen-bond donors (Lipinski definition) is 1. The first-order valence-corrected chi connectivity index (χ1v) is 9.56. The van der Waals surface area contributed by atoms with E-state index >= 15 is 0 Å². The maximum Gasteiger partial charge on any atom is 0.142 e. The highest BCUT2D eigenvalue weighted by Gasteiger charge is 2.15. The minimum atomic E-state index is -0.481. The number of fused-ring (bicyclic) bond motifs is 1. The number of anilines is 2. The summed E-state index contributed by atoms with van der Waals surface area (Å²) in [6.45, 7) is 8.93. The van der Waals surface area contributed by atoms with Crippen LogP contribution in [0.15, 0.2) is 43.1 Å². The minimum Gasteiger partial charge on any atom is -0.354 e. The average Bonchev–Trinajstić information content (AvgIpc) is 2.67. The van der Waals surface area contributed by atoms with Gasteiger partial charge in [0.1, 0.15) is 11.9 Å². The topological polar surface area (TPSA) is 52.0 Å². The number of benzene rings is 2. The number of rotatable bonds is 6. The Hall–Kier alpha value is -2.94. The Labute approximate surface area is 175 Å². The quantitative estimate of drug-likeness (QED) is 0.517. The van der Waals surface area contributed by atoms with Gasteiger partial charge >= 0.3 is 0 Å². The molecule has 29 heavy (non-hydrogen) atoms. The van der Waals surface area contributed by atoms with Crippen LogP contribution < -0.4 is 5.32 Å². The zero-order chi connectivity index (χ0) is 21.1. The lowest BCUT2D eigenvalue weighted by Crippen LogP contribution is -2.18. The molecule has 1 N–H and O–H groups in total. The van der Waals surface area contributed by atoms with E-state index < -0.39 is 5.82 Å². The molecule has 0 saturated carbocycles. The van der Waals surface area contributed by atoms with Gasteiger partial charge in [0.25, 0.3) is 0 Å². The third-order valence-electron chi connectivity index (χ3n) is 4.89. The molecule has 3 rings (SSSR count). The van der Waals surface area contributed by atoms with Crippen LogP contribution in [0.2, 0.25) is 5.02 Å². The summed E-state index contributed by atoms with van der Waals surface area (Å²) in [4.78, 5) is 6.42. The molecule has 0 unspecified atom stereocenters. The number of nitriles is 1. The van der Waals surface area contributed by atoms with Crippen molar-refractivity contribution in [2.24, 2.45) is 0 Å².